The van der Waals surface area contributed by atoms with Gasteiger partial charge in [0.15, 0.2) is 5.78 Å². The van der Waals surface area contributed by atoms with E-state index in [0.717, 1.165) is 37.3 Å². The van der Waals surface area contributed by atoms with Crippen LogP contribution < -0.4 is 0 Å². The summed E-state index contributed by atoms with van der Waals surface area (Å²) in [6.07, 6.45) is 3.78. The van der Waals surface area contributed by atoms with Crippen molar-refractivity contribution in [2.45, 2.75) is 45.6 Å². The van der Waals surface area contributed by atoms with Gasteiger partial charge in [-0.15, -0.1) is 10.2 Å². The summed E-state index contributed by atoms with van der Waals surface area (Å²) in [4.78, 5) is 11.5. The van der Waals surface area contributed by atoms with E-state index in [9.17, 15) is 4.79 Å². The molecule has 1 aromatic heterocycles. The predicted octanol–water partition coefficient (Wildman–Crippen LogP) is 1.31. The van der Waals surface area contributed by atoms with Crippen LogP contribution in [-0.4, -0.2) is 20.5 Å². The smallest absolute Gasteiger partial charge is 0.152 e. The van der Waals surface area contributed by atoms with Crippen molar-refractivity contribution in [3.8, 4) is 0 Å². The molecule has 76 valence electrons. The van der Waals surface area contributed by atoms with Crippen LogP contribution in [0.5, 0.6) is 0 Å². The molecule has 0 radical (unpaired) electrons. The molecule has 4 nitrogen and oxygen atoms in total. The molecule has 0 amide bonds. The van der Waals surface area contributed by atoms with Crippen LogP contribution >= 0.6 is 0 Å². The number of aromatic nitrogens is 3. The lowest BCUT2D eigenvalue weighted by molar-refractivity contribution is -0.120. The van der Waals surface area contributed by atoms with Crippen LogP contribution in [0.25, 0.3) is 0 Å². The van der Waals surface area contributed by atoms with Crippen molar-refractivity contribution in [1.29, 1.82) is 0 Å². The van der Waals surface area contributed by atoms with Gasteiger partial charge in [-0.2, -0.15) is 0 Å². The Labute approximate surface area is 83.3 Å². The van der Waals surface area contributed by atoms with E-state index in [0.29, 0.717) is 0 Å². The number of hydrogen-bond donors (Lipinski definition) is 0. The number of aryl methyl sites for hydroxylation is 2. The van der Waals surface area contributed by atoms with E-state index in [4.69, 9.17) is 0 Å². The Bertz CT molecular complexity index is 343. The standard InChI is InChI=1S/C10H15N3O/c1-3-9-11-12-10-6-4-5-8(7(2)14)13(9)10/h8H,3-6H2,1-2H3. The zero-order chi connectivity index (χ0) is 10.1. The molecular weight excluding hydrogens is 178 g/mol. The number of Topliss-reactive ketones (excluding diaryl/α,β-unsaturated/α-hetero) is 1. The second kappa shape index (κ2) is 3.52. The lowest BCUT2D eigenvalue weighted by Gasteiger charge is -2.23. The number of carbonyl (C=O) groups is 1. The molecule has 1 aliphatic rings. The minimum atomic E-state index is -0.0105. The van der Waals surface area contributed by atoms with Gasteiger partial charge in [0, 0.05) is 12.8 Å². The van der Waals surface area contributed by atoms with E-state index in [2.05, 4.69) is 10.2 Å². The van der Waals surface area contributed by atoms with E-state index >= 15 is 0 Å². The summed E-state index contributed by atoms with van der Waals surface area (Å²) in [5.74, 6) is 2.15. The highest BCUT2D eigenvalue weighted by Crippen LogP contribution is 2.25. The number of rotatable bonds is 2. The maximum absolute atomic E-state index is 11.5. The van der Waals surface area contributed by atoms with Gasteiger partial charge in [0.2, 0.25) is 0 Å². The lowest BCUT2D eigenvalue weighted by Crippen LogP contribution is -2.25. The normalized spacial score (nSPS) is 20.6. The van der Waals surface area contributed by atoms with Gasteiger partial charge < -0.3 is 4.57 Å². The Hall–Kier alpha value is -1.19. The third-order valence-electron chi connectivity index (χ3n) is 2.81. The molecular formula is C10H15N3O. The third kappa shape index (κ3) is 1.35. The molecule has 0 saturated heterocycles. The average molecular weight is 193 g/mol. The van der Waals surface area contributed by atoms with Gasteiger partial charge >= 0.3 is 0 Å². The van der Waals surface area contributed by atoms with Crippen molar-refractivity contribution >= 4 is 5.78 Å². The van der Waals surface area contributed by atoms with E-state index < -0.39 is 0 Å². The van der Waals surface area contributed by atoms with Gasteiger partial charge in [-0.3, -0.25) is 4.79 Å². The van der Waals surface area contributed by atoms with Gasteiger partial charge in [0.1, 0.15) is 11.6 Å². The molecule has 2 heterocycles. The van der Waals surface area contributed by atoms with Crippen LogP contribution in [-0.2, 0) is 17.6 Å². The molecule has 1 atom stereocenters. The number of fused-ring (bicyclic) bond motifs is 1. The molecule has 0 bridgehead atoms. The zero-order valence-electron chi connectivity index (χ0n) is 8.66. The minimum Gasteiger partial charge on any atom is -0.304 e. The minimum absolute atomic E-state index is 0.0105. The van der Waals surface area contributed by atoms with Crippen molar-refractivity contribution < 1.29 is 4.79 Å². The number of nitrogens with zero attached hydrogens (tertiary/aromatic N) is 3. The summed E-state index contributed by atoms with van der Waals surface area (Å²) in [5.41, 5.74) is 0. The van der Waals surface area contributed by atoms with Crippen molar-refractivity contribution in [1.82, 2.24) is 14.8 Å². The van der Waals surface area contributed by atoms with Crippen LogP contribution in [0.15, 0.2) is 0 Å². The fourth-order valence-electron chi connectivity index (χ4n) is 2.10. The molecule has 0 aromatic carbocycles. The predicted molar refractivity (Wildman–Crippen MR) is 52.1 cm³/mol. The van der Waals surface area contributed by atoms with Crippen LogP contribution in [0.3, 0.4) is 0 Å². The molecule has 1 aromatic rings. The molecule has 0 fully saturated rings. The molecule has 1 aliphatic heterocycles. The van der Waals surface area contributed by atoms with Crippen LogP contribution in [0.4, 0.5) is 0 Å². The fourth-order valence-corrected chi connectivity index (χ4v) is 2.10. The first-order valence-corrected chi connectivity index (χ1v) is 5.17. The highest BCUT2D eigenvalue weighted by atomic mass is 16.1. The summed E-state index contributed by atoms with van der Waals surface area (Å²) in [5, 5.41) is 8.23. The van der Waals surface area contributed by atoms with Gasteiger partial charge in [-0.05, 0) is 19.8 Å². The number of carbonyl (C=O) groups excluding carboxylic acids is 1. The Kier molecular flexibility index (Phi) is 2.35. The number of hydrogen-bond acceptors (Lipinski definition) is 3. The highest BCUT2D eigenvalue weighted by molar-refractivity contribution is 5.80. The van der Waals surface area contributed by atoms with Crippen molar-refractivity contribution in [3.05, 3.63) is 11.6 Å². The summed E-state index contributed by atoms with van der Waals surface area (Å²) in [6, 6.07) is -0.0105. The van der Waals surface area contributed by atoms with Gasteiger partial charge in [-0.1, -0.05) is 6.92 Å². The maximum atomic E-state index is 11.5. The quantitative estimate of drug-likeness (QED) is 0.711. The van der Waals surface area contributed by atoms with Crippen molar-refractivity contribution in [2.75, 3.05) is 0 Å². The van der Waals surface area contributed by atoms with E-state index in [1.165, 1.54) is 0 Å². The molecule has 4 heteroatoms. The highest BCUT2D eigenvalue weighted by Gasteiger charge is 2.26. The van der Waals surface area contributed by atoms with E-state index in [-0.39, 0.29) is 11.8 Å². The van der Waals surface area contributed by atoms with Gasteiger partial charge in [-0.25, -0.2) is 0 Å². The number of ketones is 1. The first-order chi connectivity index (χ1) is 6.74. The van der Waals surface area contributed by atoms with E-state index in [1.54, 1.807) is 6.92 Å². The second-order valence-corrected chi connectivity index (χ2v) is 3.77. The van der Waals surface area contributed by atoms with Crippen LogP contribution in [0, 0.1) is 0 Å². The summed E-state index contributed by atoms with van der Waals surface area (Å²) >= 11 is 0. The Morgan fingerprint density at radius 3 is 3.00 bits per heavy atom. The molecule has 1 unspecified atom stereocenters. The molecule has 0 spiro atoms. The molecule has 0 N–H and O–H groups in total. The molecule has 2 rings (SSSR count). The summed E-state index contributed by atoms with van der Waals surface area (Å²) < 4.78 is 2.03. The Morgan fingerprint density at radius 2 is 2.36 bits per heavy atom. The fraction of sp³-hybridized carbons (Fsp3) is 0.700. The van der Waals surface area contributed by atoms with Crippen LogP contribution in [0.1, 0.15) is 44.4 Å². The summed E-state index contributed by atoms with van der Waals surface area (Å²) in [6.45, 7) is 3.70. The largest absolute Gasteiger partial charge is 0.304 e. The SMILES string of the molecule is CCc1nnc2n1C(C(C)=O)CCC2. The second-order valence-electron chi connectivity index (χ2n) is 3.77. The monoisotopic (exact) mass is 193 g/mol. The zero-order valence-corrected chi connectivity index (χ0v) is 8.66. The molecule has 0 saturated carbocycles. The average Bonchev–Trinajstić information content (AvgIpc) is 2.59. The Morgan fingerprint density at radius 1 is 1.57 bits per heavy atom. The first-order valence-electron chi connectivity index (χ1n) is 5.17. The Balaban J connectivity index is 2.44. The van der Waals surface area contributed by atoms with Gasteiger partial charge in [0.05, 0.1) is 6.04 Å². The topological polar surface area (TPSA) is 47.8 Å². The molecule has 14 heavy (non-hydrogen) atoms. The summed E-state index contributed by atoms with van der Waals surface area (Å²) in [7, 11) is 0. The van der Waals surface area contributed by atoms with Gasteiger partial charge in [0.25, 0.3) is 0 Å². The van der Waals surface area contributed by atoms with Crippen molar-refractivity contribution in [3.63, 3.8) is 0 Å². The third-order valence-corrected chi connectivity index (χ3v) is 2.81. The van der Waals surface area contributed by atoms with Crippen molar-refractivity contribution in [2.24, 2.45) is 0 Å². The molecule has 0 aliphatic carbocycles. The van der Waals surface area contributed by atoms with Crippen LogP contribution in [0.2, 0.25) is 0 Å². The first kappa shape index (κ1) is 9.37. The maximum Gasteiger partial charge on any atom is 0.152 e. The lowest BCUT2D eigenvalue weighted by atomic mass is 10.0. The van der Waals surface area contributed by atoms with E-state index in [1.807, 2.05) is 11.5 Å².